The highest BCUT2D eigenvalue weighted by molar-refractivity contribution is 6.20. The molecule has 0 bridgehead atoms. The number of aromatic nitrogens is 2. The second-order valence-electron chi connectivity index (χ2n) is 23.7. The van der Waals surface area contributed by atoms with E-state index < -0.39 is 5.41 Å². The molecular formula is C73H54N4O3. The van der Waals surface area contributed by atoms with Crippen molar-refractivity contribution in [1.29, 1.82) is 0 Å². The highest BCUT2D eigenvalue weighted by Crippen LogP contribution is 2.66. The minimum absolute atomic E-state index is 0.0253. The maximum Gasteiger partial charge on any atom is 0.227 e. The van der Waals surface area contributed by atoms with E-state index in [0.717, 1.165) is 105 Å². The van der Waals surface area contributed by atoms with Crippen LogP contribution < -0.4 is 9.80 Å². The second-order valence-corrected chi connectivity index (χ2v) is 23.7. The van der Waals surface area contributed by atoms with Gasteiger partial charge in [0.05, 0.1) is 16.5 Å². The maximum atomic E-state index is 7.41. The molecule has 9 aromatic carbocycles. The van der Waals surface area contributed by atoms with Gasteiger partial charge >= 0.3 is 0 Å². The molecule has 0 N–H and O–H groups in total. The molecule has 2 aliphatic carbocycles. The van der Waals surface area contributed by atoms with Gasteiger partial charge in [-0.3, -0.25) is 0 Å². The molecule has 0 fully saturated rings. The number of rotatable bonds is 6. The average molecular weight is 1040 g/mol. The summed E-state index contributed by atoms with van der Waals surface area (Å²) in [6.45, 7) is 13.6. The van der Waals surface area contributed by atoms with E-state index in [9.17, 15) is 0 Å². The lowest BCUT2D eigenvalue weighted by Crippen LogP contribution is -2.26. The van der Waals surface area contributed by atoms with Gasteiger partial charge in [0, 0.05) is 85.5 Å². The van der Waals surface area contributed by atoms with Crippen molar-refractivity contribution in [1.82, 2.24) is 9.97 Å². The molecule has 7 nitrogen and oxygen atoms in total. The maximum absolute atomic E-state index is 7.41. The topological polar surface area (TPSA) is 71.7 Å². The number of benzene rings is 9. The molecule has 0 saturated carbocycles. The van der Waals surface area contributed by atoms with Crippen LogP contribution in [0.1, 0.15) is 74.9 Å². The van der Waals surface area contributed by atoms with Crippen molar-refractivity contribution in [3.8, 4) is 22.3 Å². The molecule has 2 aliphatic rings. The molecule has 5 heterocycles. The van der Waals surface area contributed by atoms with Crippen molar-refractivity contribution in [2.75, 3.05) is 9.80 Å². The van der Waals surface area contributed by atoms with Gasteiger partial charge in [-0.2, -0.15) is 0 Å². The molecule has 0 atom stereocenters. The number of hydrogen-bond acceptors (Lipinski definition) is 7. The fourth-order valence-corrected chi connectivity index (χ4v) is 13.4. The van der Waals surface area contributed by atoms with Gasteiger partial charge in [0.25, 0.3) is 0 Å². The number of fused-ring (bicyclic) bond motifs is 20. The zero-order chi connectivity index (χ0) is 53.8. The van der Waals surface area contributed by atoms with E-state index in [2.05, 4.69) is 255 Å². The number of hydrogen-bond donors (Lipinski definition) is 0. The second kappa shape index (κ2) is 16.7. The molecule has 0 amide bonds. The Balaban J connectivity index is 1.00. The fraction of sp³-hybridized carbons (Fsp3) is 0.123. The Kier molecular flexibility index (Phi) is 9.65. The zero-order valence-electron chi connectivity index (χ0n) is 45.3. The van der Waals surface area contributed by atoms with Crippen LogP contribution in [0.5, 0.6) is 0 Å². The Hall–Kier alpha value is -9.72. The van der Waals surface area contributed by atoms with E-state index in [-0.39, 0.29) is 10.8 Å². The van der Waals surface area contributed by atoms with Gasteiger partial charge < -0.3 is 23.1 Å². The van der Waals surface area contributed by atoms with Crippen molar-refractivity contribution < 1.29 is 13.3 Å². The number of nitrogens with zero attached hydrogens (tertiary/aromatic N) is 4. The van der Waals surface area contributed by atoms with Crippen LogP contribution in [-0.2, 0) is 16.2 Å². The smallest absolute Gasteiger partial charge is 0.227 e. The number of para-hydroxylation sites is 1. The van der Waals surface area contributed by atoms with Crippen LogP contribution in [0.3, 0.4) is 0 Å². The van der Waals surface area contributed by atoms with Crippen molar-refractivity contribution in [3.05, 3.63) is 252 Å². The van der Waals surface area contributed by atoms with Gasteiger partial charge in [-0.25, -0.2) is 9.97 Å². The van der Waals surface area contributed by atoms with Crippen molar-refractivity contribution in [2.24, 2.45) is 0 Å². The van der Waals surface area contributed by atoms with Gasteiger partial charge in [-0.1, -0.05) is 139 Å². The van der Waals surface area contributed by atoms with E-state index in [1.54, 1.807) is 12.4 Å². The van der Waals surface area contributed by atoms with Crippen molar-refractivity contribution in [3.63, 3.8) is 0 Å². The van der Waals surface area contributed by atoms with E-state index >= 15 is 0 Å². The third-order valence-corrected chi connectivity index (χ3v) is 17.1. The number of furan rings is 3. The standard InChI is InChI=1S/C73H54N4O3/c1-71(2,3)43-23-27-45(28-24-43)76(48-31-34-52-54-18-13-37-74-69(54)79-64(52)40-48)47-33-36-56-60(39-47)73(58-20-10-7-15-50(58)51-16-8-11-21-59(51)73)61-42-62(67-57-17-9-12-22-63(57)78-68(67)66(56)61)77(46-29-25-44(26-30-46)72(4,5)6)49-32-35-53-55-19-14-38-75-70(55)80-65(53)41-49/h7-42H,1-6H3. The normalized spacial score (nSPS) is 13.5. The Morgan fingerprint density at radius 1 is 0.362 bits per heavy atom. The quantitative estimate of drug-likeness (QED) is 0.164. The summed E-state index contributed by atoms with van der Waals surface area (Å²) in [5.41, 5.74) is 21.6. The molecule has 0 radical (unpaired) electrons. The Morgan fingerprint density at radius 3 is 1.44 bits per heavy atom. The first-order valence-electron chi connectivity index (χ1n) is 27.6. The summed E-state index contributed by atoms with van der Waals surface area (Å²) in [7, 11) is 0. The molecule has 0 saturated heterocycles. The third kappa shape index (κ3) is 6.61. The predicted octanol–water partition coefficient (Wildman–Crippen LogP) is 20.1. The minimum Gasteiger partial charge on any atom is -0.455 e. The van der Waals surface area contributed by atoms with Crippen molar-refractivity contribution in [2.45, 2.75) is 57.8 Å². The van der Waals surface area contributed by atoms with Crippen LogP contribution in [0.15, 0.2) is 232 Å². The number of pyridine rings is 2. The van der Waals surface area contributed by atoms with Gasteiger partial charge in [-0.15, -0.1) is 0 Å². The van der Waals surface area contributed by atoms with Crippen LogP contribution in [0.4, 0.5) is 34.1 Å². The van der Waals surface area contributed by atoms with Gasteiger partial charge in [-0.05, 0) is 158 Å². The summed E-state index contributed by atoms with van der Waals surface area (Å²) in [5, 5.41) is 6.11. The summed E-state index contributed by atoms with van der Waals surface area (Å²) in [5.74, 6) is 0. The highest BCUT2D eigenvalue weighted by atomic mass is 16.3. The molecular weight excluding hydrogens is 981 g/mol. The summed E-state index contributed by atoms with van der Waals surface area (Å²) in [6, 6.07) is 75.5. The van der Waals surface area contributed by atoms with Crippen LogP contribution in [0, 0.1) is 0 Å². The Labute approximate surface area is 463 Å². The Morgan fingerprint density at radius 2 is 0.850 bits per heavy atom. The largest absolute Gasteiger partial charge is 0.455 e. The van der Waals surface area contributed by atoms with Gasteiger partial charge in [0.1, 0.15) is 22.3 Å². The number of anilines is 6. The van der Waals surface area contributed by atoms with E-state index in [1.807, 2.05) is 12.1 Å². The monoisotopic (exact) mass is 1030 g/mol. The van der Waals surface area contributed by atoms with E-state index in [0.29, 0.717) is 11.4 Å². The average Bonchev–Trinajstić information content (AvgIpc) is 2.69. The first-order valence-corrected chi connectivity index (χ1v) is 27.6. The molecule has 7 heteroatoms. The lowest BCUT2D eigenvalue weighted by atomic mass is 9.70. The van der Waals surface area contributed by atoms with Crippen LogP contribution in [-0.4, -0.2) is 9.97 Å². The van der Waals surface area contributed by atoms with Crippen LogP contribution >= 0.6 is 0 Å². The highest BCUT2D eigenvalue weighted by Gasteiger charge is 2.53. The zero-order valence-corrected chi connectivity index (χ0v) is 45.3. The first kappa shape index (κ1) is 46.4. The molecule has 14 aromatic rings. The van der Waals surface area contributed by atoms with Crippen LogP contribution in [0.2, 0.25) is 0 Å². The molecule has 16 rings (SSSR count). The molecule has 0 aliphatic heterocycles. The molecule has 5 aromatic heterocycles. The Bertz CT molecular complexity index is 4830. The third-order valence-electron chi connectivity index (χ3n) is 17.1. The lowest BCUT2D eigenvalue weighted by molar-refractivity contribution is 0.590. The molecule has 1 spiro atoms. The lowest BCUT2D eigenvalue weighted by Gasteiger charge is -2.33. The minimum atomic E-state index is -0.776. The van der Waals surface area contributed by atoms with E-state index in [4.69, 9.17) is 13.3 Å². The molecule has 80 heavy (non-hydrogen) atoms. The van der Waals surface area contributed by atoms with Gasteiger partial charge in [0.15, 0.2) is 0 Å². The van der Waals surface area contributed by atoms with Crippen molar-refractivity contribution >= 4 is 100 Å². The summed E-state index contributed by atoms with van der Waals surface area (Å²) in [4.78, 5) is 14.0. The van der Waals surface area contributed by atoms with Gasteiger partial charge in [0.2, 0.25) is 11.4 Å². The van der Waals surface area contributed by atoms with Crippen LogP contribution in [0.25, 0.3) is 88.3 Å². The predicted molar refractivity (Wildman–Crippen MR) is 327 cm³/mol. The first-order chi connectivity index (χ1) is 38.9. The molecule has 384 valence electrons. The molecule has 0 unspecified atom stereocenters. The SMILES string of the molecule is CC(C)(C)c1ccc(N(c2ccc3c(c2)C2(c4ccccc4-c4ccccc42)c2cc(N(c4ccc(C(C)(C)C)cc4)c4ccc5c(c4)oc4ncccc45)c4c(oc5ccccc54)c2-3)c2ccc3c(c2)oc2ncccc23)cc1. The summed E-state index contributed by atoms with van der Waals surface area (Å²) in [6.07, 6.45) is 3.58. The van der Waals surface area contributed by atoms with E-state index in [1.165, 1.54) is 38.9 Å². The summed E-state index contributed by atoms with van der Waals surface area (Å²) < 4.78 is 20.5. The summed E-state index contributed by atoms with van der Waals surface area (Å²) >= 11 is 0. The fourth-order valence-electron chi connectivity index (χ4n) is 13.4.